The Hall–Kier alpha value is -1.75. The van der Waals surface area contributed by atoms with Crippen molar-refractivity contribution in [1.29, 1.82) is 0 Å². The Labute approximate surface area is 113 Å². The number of hydrogen-bond acceptors (Lipinski definition) is 5. The van der Waals surface area contributed by atoms with E-state index >= 15 is 0 Å². The fourth-order valence-corrected chi connectivity index (χ4v) is 1.65. The summed E-state index contributed by atoms with van der Waals surface area (Å²) in [5.74, 6) is 0.883. The Morgan fingerprint density at radius 1 is 1.42 bits per heavy atom. The third kappa shape index (κ3) is 5.18. The molecule has 0 amide bonds. The van der Waals surface area contributed by atoms with Crippen LogP contribution in [-0.2, 0) is 16.0 Å². The molecule has 0 aliphatic rings. The van der Waals surface area contributed by atoms with Gasteiger partial charge in [-0.15, -0.1) is 0 Å². The van der Waals surface area contributed by atoms with Crippen LogP contribution in [0.15, 0.2) is 18.2 Å². The third-order valence-corrected chi connectivity index (χ3v) is 2.47. The molecule has 5 nitrogen and oxygen atoms in total. The van der Waals surface area contributed by atoms with Crippen LogP contribution < -0.4 is 15.2 Å². The lowest BCUT2D eigenvalue weighted by Crippen LogP contribution is -2.19. The zero-order valence-electron chi connectivity index (χ0n) is 11.6. The molecule has 106 valence electrons. The highest BCUT2D eigenvalue weighted by Crippen LogP contribution is 2.25. The Morgan fingerprint density at radius 2 is 2.16 bits per heavy atom. The Balaban J connectivity index is 2.79. The first kappa shape index (κ1) is 15.3. The Morgan fingerprint density at radius 3 is 2.74 bits per heavy atom. The summed E-state index contributed by atoms with van der Waals surface area (Å²) in [6, 6.07) is 5.49. The van der Waals surface area contributed by atoms with Crippen molar-refractivity contribution in [2.45, 2.75) is 26.3 Å². The van der Waals surface area contributed by atoms with Crippen LogP contribution in [0.4, 0.5) is 0 Å². The van der Waals surface area contributed by atoms with Gasteiger partial charge in [0.15, 0.2) is 6.61 Å². The molecule has 0 aliphatic heterocycles. The van der Waals surface area contributed by atoms with Crippen LogP contribution >= 0.6 is 0 Å². The molecule has 0 saturated carbocycles. The van der Waals surface area contributed by atoms with E-state index < -0.39 is 5.97 Å². The maximum atomic E-state index is 11.3. The van der Waals surface area contributed by atoms with Gasteiger partial charge in [0.1, 0.15) is 11.5 Å². The van der Waals surface area contributed by atoms with Crippen molar-refractivity contribution in [1.82, 2.24) is 0 Å². The lowest BCUT2D eigenvalue weighted by Gasteiger charge is -2.14. The Bertz CT molecular complexity index is 418. The molecule has 0 radical (unpaired) electrons. The highest BCUT2D eigenvalue weighted by molar-refractivity contribution is 5.71. The fraction of sp³-hybridized carbons (Fsp3) is 0.500. The van der Waals surface area contributed by atoms with Gasteiger partial charge in [0.25, 0.3) is 0 Å². The van der Waals surface area contributed by atoms with Crippen molar-refractivity contribution in [3.05, 3.63) is 23.8 Å². The Kier molecular flexibility index (Phi) is 6.15. The van der Waals surface area contributed by atoms with Gasteiger partial charge in [0, 0.05) is 12.1 Å². The fourth-order valence-electron chi connectivity index (χ4n) is 1.65. The smallest absolute Gasteiger partial charge is 0.344 e. The summed E-state index contributed by atoms with van der Waals surface area (Å²) in [6.45, 7) is 3.89. The SMILES string of the molecule is CCOC(=O)COc1cc(OC)ccc1CC(C)N. The van der Waals surface area contributed by atoms with Crippen molar-refractivity contribution in [3.8, 4) is 11.5 Å². The molecule has 0 aliphatic carbocycles. The molecule has 1 aromatic carbocycles. The monoisotopic (exact) mass is 267 g/mol. The normalized spacial score (nSPS) is 11.8. The summed E-state index contributed by atoms with van der Waals surface area (Å²) in [5.41, 5.74) is 6.73. The van der Waals surface area contributed by atoms with Crippen LogP contribution in [0.25, 0.3) is 0 Å². The molecule has 5 heteroatoms. The van der Waals surface area contributed by atoms with E-state index in [2.05, 4.69) is 0 Å². The van der Waals surface area contributed by atoms with Gasteiger partial charge in [-0.3, -0.25) is 0 Å². The second-order valence-corrected chi connectivity index (χ2v) is 4.25. The summed E-state index contributed by atoms with van der Waals surface area (Å²) in [5, 5.41) is 0. The van der Waals surface area contributed by atoms with Crippen molar-refractivity contribution < 1.29 is 19.0 Å². The van der Waals surface area contributed by atoms with E-state index in [1.54, 1.807) is 20.1 Å². The molecule has 0 spiro atoms. The van der Waals surface area contributed by atoms with E-state index in [0.717, 1.165) is 5.56 Å². The lowest BCUT2D eigenvalue weighted by atomic mass is 10.1. The minimum Gasteiger partial charge on any atom is -0.497 e. The molecule has 1 aromatic rings. The quantitative estimate of drug-likeness (QED) is 0.758. The molecule has 2 N–H and O–H groups in total. The molecule has 1 atom stereocenters. The second kappa shape index (κ2) is 7.63. The highest BCUT2D eigenvalue weighted by Gasteiger charge is 2.10. The lowest BCUT2D eigenvalue weighted by molar-refractivity contribution is -0.145. The molecule has 19 heavy (non-hydrogen) atoms. The first-order chi connectivity index (χ1) is 9.06. The van der Waals surface area contributed by atoms with Crippen LogP contribution in [0.5, 0.6) is 11.5 Å². The summed E-state index contributed by atoms with van der Waals surface area (Å²) in [4.78, 5) is 11.3. The van der Waals surface area contributed by atoms with Crippen LogP contribution in [-0.4, -0.2) is 32.3 Å². The summed E-state index contributed by atoms with van der Waals surface area (Å²) in [7, 11) is 1.58. The van der Waals surface area contributed by atoms with Gasteiger partial charge in [-0.05, 0) is 31.9 Å². The van der Waals surface area contributed by atoms with Gasteiger partial charge in [0.2, 0.25) is 0 Å². The number of carbonyl (C=O) groups excluding carboxylic acids is 1. The van der Waals surface area contributed by atoms with Gasteiger partial charge < -0.3 is 19.9 Å². The summed E-state index contributed by atoms with van der Waals surface area (Å²) in [6.07, 6.45) is 0.669. The molecule has 0 aromatic heterocycles. The molecular formula is C14H21NO4. The summed E-state index contributed by atoms with van der Waals surface area (Å²) >= 11 is 0. The summed E-state index contributed by atoms with van der Waals surface area (Å²) < 4.78 is 15.4. The van der Waals surface area contributed by atoms with E-state index in [1.165, 1.54) is 0 Å². The minimum absolute atomic E-state index is 0.0124. The van der Waals surface area contributed by atoms with Crippen LogP contribution in [0, 0.1) is 0 Å². The van der Waals surface area contributed by atoms with Crippen LogP contribution in [0.2, 0.25) is 0 Å². The number of ether oxygens (including phenoxy) is 3. The predicted octanol–water partition coefficient (Wildman–Crippen LogP) is 1.53. The maximum absolute atomic E-state index is 11.3. The van der Waals surface area contributed by atoms with E-state index in [4.69, 9.17) is 19.9 Å². The maximum Gasteiger partial charge on any atom is 0.344 e. The topological polar surface area (TPSA) is 70.8 Å². The van der Waals surface area contributed by atoms with Gasteiger partial charge in [-0.25, -0.2) is 4.79 Å². The van der Waals surface area contributed by atoms with E-state index in [-0.39, 0.29) is 12.6 Å². The van der Waals surface area contributed by atoms with Crippen molar-refractivity contribution in [2.75, 3.05) is 20.3 Å². The molecule has 1 unspecified atom stereocenters. The molecule has 0 bridgehead atoms. The van der Waals surface area contributed by atoms with E-state index in [0.29, 0.717) is 24.5 Å². The number of rotatable bonds is 7. The van der Waals surface area contributed by atoms with Crippen molar-refractivity contribution in [3.63, 3.8) is 0 Å². The van der Waals surface area contributed by atoms with Gasteiger partial charge in [-0.1, -0.05) is 6.07 Å². The van der Waals surface area contributed by atoms with E-state index in [9.17, 15) is 4.79 Å². The van der Waals surface area contributed by atoms with Gasteiger partial charge in [0.05, 0.1) is 13.7 Å². The third-order valence-electron chi connectivity index (χ3n) is 2.47. The average Bonchev–Trinajstić information content (AvgIpc) is 2.37. The predicted molar refractivity (Wildman–Crippen MR) is 72.5 cm³/mol. The van der Waals surface area contributed by atoms with E-state index in [1.807, 2.05) is 19.1 Å². The largest absolute Gasteiger partial charge is 0.497 e. The van der Waals surface area contributed by atoms with Gasteiger partial charge >= 0.3 is 5.97 Å². The van der Waals surface area contributed by atoms with Crippen molar-refractivity contribution in [2.24, 2.45) is 5.73 Å². The zero-order valence-corrected chi connectivity index (χ0v) is 11.6. The first-order valence-electron chi connectivity index (χ1n) is 6.27. The molecule has 0 fully saturated rings. The highest BCUT2D eigenvalue weighted by atomic mass is 16.6. The zero-order chi connectivity index (χ0) is 14.3. The van der Waals surface area contributed by atoms with Crippen LogP contribution in [0.1, 0.15) is 19.4 Å². The average molecular weight is 267 g/mol. The number of hydrogen-bond donors (Lipinski definition) is 1. The second-order valence-electron chi connectivity index (χ2n) is 4.25. The number of methoxy groups -OCH3 is 1. The molecular weight excluding hydrogens is 246 g/mol. The standard InChI is InChI=1S/C14H21NO4/c1-4-18-14(16)9-19-13-8-12(17-3)6-5-11(13)7-10(2)15/h5-6,8,10H,4,7,9,15H2,1-3H3. The number of nitrogens with two attached hydrogens (primary N) is 1. The number of benzene rings is 1. The van der Waals surface area contributed by atoms with Gasteiger partial charge in [-0.2, -0.15) is 0 Å². The molecule has 0 saturated heterocycles. The first-order valence-corrected chi connectivity index (χ1v) is 6.27. The number of carbonyl (C=O) groups is 1. The minimum atomic E-state index is -0.392. The van der Waals surface area contributed by atoms with Crippen molar-refractivity contribution >= 4 is 5.97 Å². The molecule has 0 heterocycles. The molecule has 1 rings (SSSR count). The van der Waals surface area contributed by atoms with Crippen LogP contribution in [0.3, 0.4) is 0 Å². The number of esters is 1.